The maximum atomic E-state index is 10.5. The van der Waals surface area contributed by atoms with Crippen molar-refractivity contribution in [2.45, 2.75) is 58.5 Å². The largest absolute Gasteiger partial charge is 0.508 e. The fourth-order valence-corrected chi connectivity index (χ4v) is 4.16. The number of rotatable bonds is 10. The van der Waals surface area contributed by atoms with Gasteiger partial charge in [-0.05, 0) is 35.4 Å². The molecule has 4 rings (SSSR count). The Kier molecular flexibility index (Phi) is 6.53. The fourth-order valence-electron chi connectivity index (χ4n) is 4.16. The third-order valence-electron chi connectivity index (χ3n) is 5.83. The Bertz CT molecular complexity index is 1120. The predicted molar refractivity (Wildman–Crippen MR) is 126 cm³/mol. The zero-order valence-corrected chi connectivity index (χ0v) is 17.8. The zero-order valence-electron chi connectivity index (χ0n) is 17.8. The van der Waals surface area contributed by atoms with Gasteiger partial charge in [-0.25, -0.2) is 4.98 Å². The molecule has 0 atom stereocenters. The highest BCUT2D eigenvalue weighted by Crippen LogP contribution is 2.28. The van der Waals surface area contributed by atoms with Crippen LogP contribution in [0.3, 0.4) is 0 Å². The number of hydrogen-bond acceptors (Lipinski definition) is 3. The van der Waals surface area contributed by atoms with Gasteiger partial charge >= 0.3 is 0 Å². The van der Waals surface area contributed by atoms with Crippen molar-refractivity contribution in [2.75, 3.05) is 5.32 Å². The molecule has 0 aliphatic carbocycles. The van der Waals surface area contributed by atoms with E-state index in [-0.39, 0.29) is 0 Å². The molecule has 1 aromatic heterocycles. The molecule has 0 amide bonds. The normalized spacial score (nSPS) is 11.4. The van der Waals surface area contributed by atoms with Crippen LogP contribution in [0, 0.1) is 0 Å². The quantitative estimate of drug-likeness (QED) is 0.285. The van der Waals surface area contributed by atoms with E-state index >= 15 is 0 Å². The second-order valence-electron chi connectivity index (χ2n) is 7.98. The molecule has 0 saturated carbocycles. The van der Waals surface area contributed by atoms with Crippen LogP contribution in [0.2, 0.25) is 0 Å². The minimum Gasteiger partial charge on any atom is -0.508 e. The number of hydrogen-bond donors (Lipinski definition) is 2. The molecule has 4 aromatic rings. The number of phenolic OH excluding ortho intramolecular Hbond substituents is 1. The number of para-hydroxylation sites is 2. The molecule has 0 fully saturated rings. The number of benzene rings is 3. The number of aromatic nitrogens is 2. The first kappa shape index (κ1) is 20.3. The van der Waals surface area contributed by atoms with E-state index in [0.717, 1.165) is 46.3 Å². The van der Waals surface area contributed by atoms with Gasteiger partial charge < -0.3 is 15.0 Å². The van der Waals surface area contributed by atoms with Crippen molar-refractivity contribution in [2.24, 2.45) is 0 Å². The van der Waals surface area contributed by atoms with Crippen molar-refractivity contribution < 1.29 is 5.11 Å². The van der Waals surface area contributed by atoms with E-state index in [9.17, 15) is 5.11 Å². The molecule has 3 aromatic carbocycles. The average Bonchev–Trinajstić information content (AvgIpc) is 3.13. The number of aromatic hydroxyl groups is 1. The van der Waals surface area contributed by atoms with Crippen LogP contribution in [0.25, 0.3) is 21.8 Å². The lowest BCUT2D eigenvalue weighted by molar-refractivity contribution is 0.470. The molecule has 156 valence electrons. The van der Waals surface area contributed by atoms with Gasteiger partial charge in [0.25, 0.3) is 0 Å². The maximum absolute atomic E-state index is 10.5. The number of imidazole rings is 1. The maximum Gasteiger partial charge on any atom is 0.204 e. The zero-order chi connectivity index (χ0) is 20.8. The molecule has 1 heterocycles. The lowest BCUT2D eigenvalue weighted by Gasteiger charge is -2.13. The molecule has 0 aliphatic heterocycles. The van der Waals surface area contributed by atoms with Crippen molar-refractivity contribution in [1.82, 2.24) is 9.55 Å². The lowest BCUT2D eigenvalue weighted by Crippen LogP contribution is -2.08. The van der Waals surface area contributed by atoms with Crippen LogP contribution in [0.1, 0.15) is 51.0 Å². The van der Waals surface area contributed by atoms with Crippen molar-refractivity contribution in [3.05, 3.63) is 66.2 Å². The SMILES string of the molecule is CCCCCCCCn1c(NCc2c(O)ccc3ccccc23)nc2ccccc21. The van der Waals surface area contributed by atoms with Gasteiger partial charge in [0.15, 0.2) is 0 Å². The summed E-state index contributed by atoms with van der Waals surface area (Å²) < 4.78 is 2.29. The summed E-state index contributed by atoms with van der Waals surface area (Å²) in [4.78, 5) is 4.84. The minimum absolute atomic E-state index is 0.319. The van der Waals surface area contributed by atoms with Gasteiger partial charge in [-0.3, -0.25) is 0 Å². The third-order valence-corrected chi connectivity index (χ3v) is 5.83. The van der Waals surface area contributed by atoms with Gasteiger partial charge in [-0.2, -0.15) is 0 Å². The van der Waals surface area contributed by atoms with Gasteiger partial charge in [0.2, 0.25) is 5.95 Å². The van der Waals surface area contributed by atoms with E-state index in [1.165, 1.54) is 32.1 Å². The van der Waals surface area contributed by atoms with Gasteiger partial charge in [0.05, 0.1) is 11.0 Å². The summed E-state index contributed by atoms with van der Waals surface area (Å²) in [6.07, 6.45) is 7.63. The van der Waals surface area contributed by atoms with Crippen LogP contribution in [0.5, 0.6) is 5.75 Å². The summed E-state index contributed by atoms with van der Waals surface area (Å²) in [7, 11) is 0. The lowest BCUT2D eigenvalue weighted by atomic mass is 10.0. The van der Waals surface area contributed by atoms with E-state index in [0.29, 0.717) is 12.3 Å². The molecule has 4 nitrogen and oxygen atoms in total. The molecule has 0 radical (unpaired) electrons. The van der Waals surface area contributed by atoms with Crippen LogP contribution >= 0.6 is 0 Å². The Morgan fingerprint density at radius 2 is 1.63 bits per heavy atom. The smallest absolute Gasteiger partial charge is 0.204 e. The van der Waals surface area contributed by atoms with Crippen LogP contribution < -0.4 is 5.32 Å². The summed E-state index contributed by atoms with van der Waals surface area (Å²) in [5.41, 5.74) is 3.08. The van der Waals surface area contributed by atoms with Crippen LogP contribution in [0.4, 0.5) is 5.95 Å². The number of phenols is 1. The average molecular weight is 402 g/mol. The van der Waals surface area contributed by atoms with Crippen LogP contribution in [-0.4, -0.2) is 14.7 Å². The van der Waals surface area contributed by atoms with Crippen molar-refractivity contribution in [1.29, 1.82) is 0 Å². The first-order chi connectivity index (χ1) is 14.8. The fraction of sp³-hybridized carbons (Fsp3) is 0.346. The predicted octanol–water partition coefficient (Wildman–Crippen LogP) is 6.87. The standard InChI is InChI=1S/C26H31N3O/c1-2-3-4-5-6-11-18-29-24-15-10-9-14-23(24)28-26(29)27-19-22-21-13-8-7-12-20(21)16-17-25(22)30/h7-10,12-17,30H,2-6,11,18-19H2,1H3,(H,27,28). The molecular weight excluding hydrogens is 370 g/mol. The summed E-state index contributed by atoms with van der Waals surface area (Å²) in [6, 6.07) is 20.2. The molecule has 30 heavy (non-hydrogen) atoms. The summed E-state index contributed by atoms with van der Waals surface area (Å²) in [6.45, 7) is 3.74. The van der Waals surface area contributed by atoms with Gasteiger partial charge in [-0.15, -0.1) is 0 Å². The van der Waals surface area contributed by atoms with E-state index < -0.39 is 0 Å². The molecule has 0 unspecified atom stereocenters. The first-order valence-corrected chi connectivity index (χ1v) is 11.2. The van der Waals surface area contributed by atoms with Crippen LogP contribution in [-0.2, 0) is 13.1 Å². The van der Waals surface area contributed by atoms with E-state index in [2.05, 4.69) is 47.1 Å². The number of nitrogens with zero attached hydrogens (tertiary/aromatic N) is 2. The molecule has 0 saturated heterocycles. The molecule has 4 heteroatoms. The second-order valence-corrected chi connectivity index (χ2v) is 7.98. The Labute approximate surface area is 178 Å². The van der Waals surface area contributed by atoms with Crippen molar-refractivity contribution in [3.63, 3.8) is 0 Å². The van der Waals surface area contributed by atoms with E-state index in [1.807, 2.05) is 24.3 Å². The highest BCUT2D eigenvalue weighted by molar-refractivity contribution is 5.88. The molecule has 0 spiro atoms. The van der Waals surface area contributed by atoms with E-state index in [1.54, 1.807) is 6.07 Å². The Hall–Kier alpha value is -3.01. The molecular formula is C26H31N3O. The van der Waals surface area contributed by atoms with Crippen molar-refractivity contribution >= 4 is 27.8 Å². The summed E-state index contributed by atoms with van der Waals surface area (Å²) in [5, 5.41) is 16.2. The third kappa shape index (κ3) is 4.43. The second kappa shape index (κ2) is 9.66. The molecule has 2 N–H and O–H groups in total. The van der Waals surface area contributed by atoms with Gasteiger partial charge in [-0.1, -0.05) is 81.5 Å². The summed E-state index contributed by atoms with van der Waals surface area (Å²) >= 11 is 0. The number of unbranched alkanes of at least 4 members (excludes halogenated alkanes) is 5. The molecule has 0 aliphatic rings. The monoisotopic (exact) mass is 401 g/mol. The van der Waals surface area contributed by atoms with Gasteiger partial charge in [0.1, 0.15) is 5.75 Å². The topological polar surface area (TPSA) is 50.1 Å². The first-order valence-electron chi connectivity index (χ1n) is 11.2. The molecule has 0 bridgehead atoms. The Balaban J connectivity index is 1.53. The van der Waals surface area contributed by atoms with E-state index in [4.69, 9.17) is 4.98 Å². The number of fused-ring (bicyclic) bond motifs is 2. The van der Waals surface area contributed by atoms with Gasteiger partial charge in [0, 0.05) is 18.7 Å². The Morgan fingerprint density at radius 3 is 2.53 bits per heavy atom. The Morgan fingerprint density at radius 1 is 0.867 bits per heavy atom. The highest BCUT2D eigenvalue weighted by atomic mass is 16.3. The van der Waals surface area contributed by atoms with Crippen LogP contribution in [0.15, 0.2) is 60.7 Å². The number of aryl methyl sites for hydroxylation is 1. The highest BCUT2D eigenvalue weighted by Gasteiger charge is 2.12. The number of anilines is 1. The summed E-state index contributed by atoms with van der Waals surface area (Å²) in [5.74, 6) is 1.19. The minimum atomic E-state index is 0.319. The number of nitrogens with one attached hydrogen (secondary N) is 1. The van der Waals surface area contributed by atoms with Crippen molar-refractivity contribution in [3.8, 4) is 5.75 Å².